The molecule has 1 heterocycles. The summed E-state index contributed by atoms with van der Waals surface area (Å²) in [7, 11) is 0. The first kappa shape index (κ1) is 16.0. The molecule has 0 spiro atoms. The first-order valence-corrected chi connectivity index (χ1v) is 8.55. The third-order valence-electron chi connectivity index (χ3n) is 4.98. The Morgan fingerprint density at radius 1 is 1.22 bits per heavy atom. The molecule has 1 saturated carbocycles. The van der Waals surface area contributed by atoms with Crippen LogP contribution in [0.4, 0.5) is 5.69 Å². The summed E-state index contributed by atoms with van der Waals surface area (Å²) in [6.45, 7) is 1.32. The number of benzene rings is 1. The minimum Gasteiger partial charge on any atom is -0.352 e. The van der Waals surface area contributed by atoms with Crippen LogP contribution in [0.3, 0.4) is 0 Å². The van der Waals surface area contributed by atoms with Crippen molar-refractivity contribution in [1.29, 1.82) is 0 Å². The first-order chi connectivity index (χ1) is 11.1. The van der Waals surface area contributed by atoms with Gasteiger partial charge in [0.1, 0.15) is 0 Å². The van der Waals surface area contributed by atoms with Crippen molar-refractivity contribution in [2.24, 2.45) is 11.7 Å². The first-order valence-electron chi connectivity index (χ1n) is 8.55. The molecular weight excluding hydrogens is 290 g/mol. The van der Waals surface area contributed by atoms with Crippen molar-refractivity contribution in [3.05, 3.63) is 29.8 Å². The van der Waals surface area contributed by atoms with Gasteiger partial charge in [0.15, 0.2) is 0 Å². The number of hydrogen-bond donors (Lipinski definition) is 2. The lowest BCUT2D eigenvalue weighted by Gasteiger charge is -2.16. The van der Waals surface area contributed by atoms with Crippen molar-refractivity contribution in [2.45, 2.75) is 51.1 Å². The van der Waals surface area contributed by atoms with E-state index in [1.807, 2.05) is 29.2 Å². The molecule has 124 valence electrons. The van der Waals surface area contributed by atoms with E-state index in [0.717, 1.165) is 43.5 Å². The lowest BCUT2D eigenvalue weighted by Crippen LogP contribution is -2.31. The van der Waals surface area contributed by atoms with Gasteiger partial charge in [-0.25, -0.2) is 0 Å². The topological polar surface area (TPSA) is 75.4 Å². The molecule has 0 bridgehead atoms. The Bertz CT molecular complexity index is 570. The van der Waals surface area contributed by atoms with Crippen LogP contribution in [0.1, 0.15) is 44.1 Å². The average molecular weight is 315 g/mol. The Labute approximate surface area is 137 Å². The van der Waals surface area contributed by atoms with Gasteiger partial charge in [0.2, 0.25) is 11.8 Å². The average Bonchev–Trinajstić information content (AvgIpc) is 3.15. The normalized spacial score (nSPS) is 24.2. The number of nitrogens with zero attached hydrogens (tertiary/aromatic N) is 1. The molecule has 2 atom stereocenters. The Kier molecular flexibility index (Phi) is 4.96. The fraction of sp³-hybridized carbons (Fsp3) is 0.556. The third kappa shape index (κ3) is 3.91. The van der Waals surface area contributed by atoms with Crippen LogP contribution in [0.2, 0.25) is 0 Å². The molecule has 2 amide bonds. The molecule has 1 aliphatic carbocycles. The molecule has 5 nitrogen and oxygen atoms in total. The molecule has 0 radical (unpaired) electrons. The van der Waals surface area contributed by atoms with Crippen LogP contribution in [0, 0.1) is 5.92 Å². The van der Waals surface area contributed by atoms with Crippen molar-refractivity contribution in [1.82, 2.24) is 5.32 Å². The highest BCUT2D eigenvalue weighted by Crippen LogP contribution is 2.26. The van der Waals surface area contributed by atoms with Crippen molar-refractivity contribution in [3.63, 3.8) is 0 Å². The van der Waals surface area contributed by atoms with Crippen LogP contribution in [0.5, 0.6) is 0 Å². The molecular formula is C18H25N3O2. The van der Waals surface area contributed by atoms with E-state index < -0.39 is 0 Å². The molecule has 1 aromatic carbocycles. The monoisotopic (exact) mass is 315 g/mol. The van der Waals surface area contributed by atoms with E-state index in [1.165, 1.54) is 0 Å². The van der Waals surface area contributed by atoms with E-state index >= 15 is 0 Å². The number of carbonyl (C=O) groups excluding carboxylic acids is 2. The predicted molar refractivity (Wildman–Crippen MR) is 89.8 cm³/mol. The van der Waals surface area contributed by atoms with E-state index in [-0.39, 0.29) is 17.9 Å². The Morgan fingerprint density at radius 2 is 2.00 bits per heavy atom. The van der Waals surface area contributed by atoms with Gasteiger partial charge in [0, 0.05) is 37.7 Å². The maximum absolute atomic E-state index is 12.0. The quantitative estimate of drug-likeness (QED) is 0.872. The number of hydrogen-bond acceptors (Lipinski definition) is 3. The van der Waals surface area contributed by atoms with Crippen molar-refractivity contribution < 1.29 is 9.59 Å². The lowest BCUT2D eigenvalue weighted by atomic mass is 10.00. The van der Waals surface area contributed by atoms with Gasteiger partial charge in [0.05, 0.1) is 0 Å². The fourth-order valence-corrected chi connectivity index (χ4v) is 3.54. The smallest absolute Gasteiger partial charge is 0.227 e. The number of amides is 2. The minimum atomic E-state index is 0.0751. The molecule has 0 aromatic heterocycles. The molecule has 3 rings (SSSR count). The Morgan fingerprint density at radius 3 is 2.61 bits per heavy atom. The summed E-state index contributed by atoms with van der Waals surface area (Å²) in [6.07, 6.45) is 5.33. The highest BCUT2D eigenvalue weighted by molar-refractivity contribution is 5.95. The summed E-state index contributed by atoms with van der Waals surface area (Å²) in [5.41, 5.74) is 8.00. The molecule has 2 aliphatic rings. The fourth-order valence-electron chi connectivity index (χ4n) is 3.54. The molecule has 1 aliphatic heterocycles. The van der Waals surface area contributed by atoms with Crippen LogP contribution in [-0.4, -0.2) is 24.4 Å². The van der Waals surface area contributed by atoms with Gasteiger partial charge in [-0.3, -0.25) is 9.59 Å². The summed E-state index contributed by atoms with van der Waals surface area (Å²) in [6, 6.07) is 8.04. The Balaban J connectivity index is 1.48. The van der Waals surface area contributed by atoms with Gasteiger partial charge in [-0.1, -0.05) is 18.6 Å². The summed E-state index contributed by atoms with van der Waals surface area (Å²) in [5.74, 6) is 0.601. The van der Waals surface area contributed by atoms with E-state index in [2.05, 4.69) is 5.32 Å². The van der Waals surface area contributed by atoms with Gasteiger partial charge in [-0.15, -0.1) is 0 Å². The zero-order valence-electron chi connectivity index (χ0n) is 13.5. The van der Waals surface area contributed by atoms with Crippen molar-refractivity contribution >= 4 is 17.5 Å². The van der Waals surface area contributed by atoms with E-state index in [1.54, 1.807) is 0 Å². The van der Waals surface area contributed by atoms with Crippen LogP contribution in [-0.2, 0) is 16.1 Å². The molecule has 1 saturated heterocycles. The van der Waals surface area contributed by atoms with Gasteiger partial charge < -0.3 is 16.0 Å². The SMILES string of the molecule is N[C@@H]1CCC[C@H]1CC(=O)NCc1ccc(N2CCCC2=O)cc1. The molecule has 5 heteroatoms. The summed E-state index contributed by atoms with van der Waals surface area (Å²) < 4.78 is 0. The largest absolute Gasteiger partial charge is 0.352 e. The van der Waals surface area contributed by atoms with Crippen LogP contribution >= 0.6 is 0 Å². The molecule has 0 unspecified atom stereocenters. The second kappa shape index (κ2) is 7.13. The Hall–Kier alpha value is -1.88. The van der Waals surface area contributed by atoms with Crippen LogP contribution in [0.25, 0.3) is 0 Å². The maximum atomic E-state index is 12.0. The zero-order chi connectivity index (χ0) is 16.2. The summed E-state index contributed by atoms with van der Waals surface area (Å²) in [5, 5.41) is 2.97. The number of anilines is 1. The van der Waals surface area contributed by atoms with Gasteiger partial charge in [-0.05, 0) is 42.9 Å². The lowest BCUT2D eigenvalue weighted by molar-refractivity contribution is -0.122. The molecule has 1 aromatic rings. The highest BCUT2D eigenvalue weighted by atomic mass is 16.2. The highest BCUT2D eigenvalue weighted by Gasteiger charge is 2.26. The number of carbonyl (C=O) groups is 2. The van der Waals surface area contributed by atoms with Gasteiger partial charge in [0.25, 0.3) is 0 Å². The summed E-state index contributed by atoms with van der Waals surface area (Å²) >= 11 is 0. The number of rotatable bonds is 5. The summed E-state index contributed by atoms with van der Waals surface area (Å²) in [4.78, 5) is 25.6. The second-order valence-electron chi connectivity index (χ2n) is 6.65. The molecule has 23 heavy (non-hydrogen) atoms. The van der Waals surface area contributed by atoms with Crippen molar-refractivity contribution in [3.8, 4) is 0 Å². The minimum absolute atomic E-state index is 0.0751. The number of nitrogens with one attached hydrogen (secondary N) is 1. The van der Waals surface area contributed by atoms with Crippen LogP contribution < -0.4 is 16.0 Å². The van der Waals surface area contributed by atoms with E-state index in [4.69, 9.17) is 5.73 Å². The van der Waals surface area contributed by atoms with Gasteiger partial charge >= 0.3 is 0 Å². The van der Waals surface area contributed by atoms with Crippen LogP contribution in [0.15, 0.2) is 24.3 Å². The van der Waals surface area contributed by atoms with E-state index in [9.17, 15) is 9.59 Å². The second-order valence-corrected chi connectivity index (χ2v) is 6.65. The molecule has 3 N–H and O–H groups in total. The van der Waals surface area contributed by atoms with Crippen molar-refractivity contribution in [2.75, 3.05) is 11.4 Å². The third-order valence-corrected chi connectivity index (χ3v) is 4.98. The number of nitrogens with two attached hydrogens (primary N) is 1. The standard InChI is InChI=1S/C18H25N3O2/c19-16-4-1-3-14(16)11-17(22)20-12-13-6-8-15(9-7-13)21-10-2-5-18(21)23/h6-9,14,16H,1-5,10-12,19H2,(H,20,22)/t14-,16+/m0/s1. The van der Waals surface area contributed by atoms with E-state index in [0.29, 0.717) is 25.3 Å². The molecule has 2 fully saturated rings. The zero-order valence-corrected chi connectivity index (χ0v) is 13.5. The van der Waals surface area contributed by atoms with Gasteiger partial charge in [-0.2, -0.15) is 0 Å². The maximum Gasteiger partial charge on any atom is 0.227 e. The predicted octanol–water partition coefficient (Wildman–Crippen LogP) is 1.95.